The highest BCUT2D eigenvalue weighted by molar-refractivity contribution is 5.31. The summed E-state index contributed by atoms with van der Waals surface area (Å²) in [4.78, 5) is 0. The minimum atomic E-state index is 0.123. The van der Waals surface area contributed by atoms with Crippen molar-refractivity contribution in [2.45, 2.75) is 90.4 Å². The third-order valence-electron chi connectivity index (χ3n) is 9.76. The summed E-state index contributed by atoms with van der Waals surface area (Å²) in [5, 5.41) is 0. The molecule has 0 N–H and O–H groups in total. The van der Waals surface area contributed by atoms with E-state index in [9.17, 15) is 0 Å². The van der Waals surface area contributed by atoms with Crippen LogP contribution in [0.1, 0.15) is 101 Å². The fourth-order valence-electron chi connectivity index (χ4n) is 7.67. The van der Waals surface area contributed by atoms with Crippen LogP contribution in [0.25, 0.3) is 0 Å². The van der Waals surface area contributed by atoms with Crippen molar-refractivity contribution in [3.63, 3.8) is 0 Å². The second kappa shape index (κ2) is 8.96. The van der Waals surface area contributed by atoms with Crippen molar-refractivity contribution in [3.8, 4) is 0 Å². The Morgan fingerprint density at radius 2 is 1.75 bits per heavy atom. The molecule has 0 aliphatic heterocycles. The zero-order chi connectivity index (χ0) is 22.3. The maximum atomic E-state index is 15.8. The average Bonchev–Trinajstić information content (AvgIpc) is 3.57. The Morgan fingerprint density at radius 3 is 2.53 bits per heavy atom. The summed E-state index contributed by atoms with van der Waals surface area (Å²) in [6.07, 6.45) is 11.1. The van der Waals surface area contributed by atoms with E-state index in [1.54, 1.807) is 0 Å². The SMILES string of the molecule is CC(C)[C@@H]1CCC[C@H](c2cccc(CC(C)[C@]34CCC[C@H](c5ccccc5)C3C4)c2F)C1. The van der Waals surface area contributed by atoms with Crippen molar-refractivity contribution in [1.29, 1.82) is 0 Å². The van der Waals surface area contributed by atoms with E-state index in [2.05, 4.69) is 69.3 Å². The second-order valence-corrected chi connectivity index (χ2v) is 11.7. The van der Waals surface area contributed by atoms with Gasteiger partial charge in [-0.25, -0.2) is 4.39 Å². The molecule has 3 aliphatic carbocycles. The molecule has 0 nitrogen and oxygen atoms in total. The zero-order valence-electron chi connectivity index (χ0n) is 20.3. The smallest absolute Gasteiger partial charge is 0.129 e. The van der Waals surface area contributed by atoms with Gasteiger partial charge in [0.05, 0.1) is 0 Å². The van der Waals surface area contributed by atoms with Crippen molar-refractivity contribution < 1.29 is 4.39 Å². The van der Waals surface area contributed by atoms with E-state index in [4.69, 9.17) is 0 Å². The lowest BCUT2D eigenvalue weighted by Crippen LogP contribution is -2.25. The molecule has 0 heterocycles. The molecule has 0 saturated heterocycles. The number of benzene rings is 2. The molecule has 3 fully saturated rings. The molecule has 3 aliphatic rings. The Kier molecular flexibility index (Phi) is 6.21. The number of halogens is 1. The normalized spacial score (nSPS) is 33.0. The van der Waals surface area contributed by atoms with Gasteiger partial charge >= 0.3 is 0 Å². The molecule has 0 amide bonds. The molecule has 1 heteroatoms. The first-order chi connectivity index (χ1) is 15.5. The molecule has 0 aromatic heterocycles. The van der Waals surface area contributed by atoms with Crippen molar-refractivity contribution in [2.75, 3.05) is 0 Å². The molecular weight excluding hydrogens is 391 g/mol. The minimum Gasteiger partial charge on any atom is -0.206 e. The molecule has 0 radical (unpaired) electrons. The van der Waals surface area contributed by atoms with Crippen LogP contribution in [-0.4, -0.2) is 0 Å². The van der Waals surface area contributed by atoms with Crippen LogP contribution >= 0.6 is 0 Å². The molecule has 2 unspecified atom stereocenters. The monoisotopic (exact) mass is 432 g/mol. The number of fused-ring (bicyclic) bond motifs is 1. The third-order valence-corrected chi connectivity index (χ3v) is 9.76. The summed E-state index contributed by atoms with van der Waals surface area (Å²) in [5.41, 5.74) is 3.95. The van der Waals surface area contributed by atoms with Crippen LogP contribution in [0.4, 0.5) is 4.39 Å². The lowest BCUT2D eigenvalue weighted by atomic mass is 9.71. The van der Waals surface area contributed by atoms with Gasteiger partial charge in [0, 0.05) is 0 Å². The van der Waals surface area contributed by atoms with Gasteiger partial charge in [0.15, 0.2) is 0 Å². The number of hydrogen-bond acceptors (Lipinski definition) is 0. The predicted octanol–water partition coefficient (Wildman–Crippen LogP) is 8.91. The standard InChI is InChI=1S/C31H41F/c1-21(2)24-12-7-13-25(19-24)28-15-8-14-26(30(28)32)18-22(3)31-17-9-16-27(29(31)20-31)23-10-5-4-6-11-23/h4-6,8,10-11,14-15,21-22,24-25,27,29H,7,9,12-13,16-20H2,1-3H3/t22?,24-,25+,27-,29?,31-/m1/s1. The van der Waals surface area contributed by atoms with Crippen LogP contribution < -0.4 is 0 Å². The van der Waals surface area contributed by atoms with E-state index < -0.39 is 0 Å². The molecule has 6 atom stereocenters. The zero-order valence-corrected chi connectivity index (χ0v) is 20.3. The van der Waals surface area contributed by atoms with E-state index in [0.29, 0.717) is 29.1 Å². The fraction of sp³-hybridized carbons (Fsp3) is 0.613. The molecule has 32 heavy (non-hydrogen) atoms. The molecule has 0 bridgehead atoms. The molecule has 5 rings (SSSR count). The Morgan fingerprint density at radius 1 is 0.938 bits per heavy atom. The van der Waals surface area contributed by atoms with Gasteiger partial charge in [-0.1, -0.05) is 88.6 Å². The van der Waals surface area contributed by atoms with Gasteiger partial charge in [-0.15, -0.1) is 0 Å². The predicted molar refractivity (Wildman–Crippen MR) is 132 cm³/mol. The number of hydrogen-bond donors (Lipinski definition) is 0. The molecule has 2 aromatic carbocycles. The Balaban J connectivity index is 1.31. The Hall–Kier alpha value is -1.63. The van der Waals surface area contributed by atoms with Gasteiger partial charge in [0.25, 0.3) is 0 Å². The maximum Gasteiger partial charge on any atom is 0.129 e. The maximum absolute atomic E-state index is 15.8. The highest BCUT2D eigenvalue weighted by Gasteiger charge is 2.61. The van der Waals surface area contributed by atoms with Crippen LogP contribution in [0.3, 0.4) is 0 Å². The summed E-state index contributed by atoms with van der Waals surface area (Å²) in [6, 6.07) is 17.4. The first-order valence-corrected chi connectivity index (χ1v) is 13.3. The fourth-order valence-corrected chi connectivity index (χ4v) is 7.67. The second-order valence-electron chi connectivity index (χ2n) is 11.7. The third kappa shape index (κ3) is 4.06. The van der Waals surface area contributed by atoms with Gasteiger partial charge in [-0.05, 0) is 96.1 Å². The molecule has 172 valence electrons. The van der Waals surface area contributed by atoms with Crippen LogP contribution in [0, 0.1) is 34.9 Å². The topological polar surface area (TPSA) is 0 Å². The van der Waals surface area contributed by atoms with Crippen LogP contribution in [0.15, 0.2) is 48.5 Å². The summed E-state index contributed by atoms with van der Waals surface area (Å²) in [7, 11) is 0. The average molecular weight is 433 g/mol. The summed E-state index contributed by atoms with van der Waals surface area (Å²) < 4.78 is 15.8. The van der Waals surface area contributed by atoms with Crippen LogP contribution in [-0.2, 0) is 6.42 Å². The molecular formula is C31H41F. The minimum absolute atomic E-state index is 0.123. The van der Waals surface area contributed by atoms with Gasteiger partial charge in [-0.2, -0.15) is 0 Å². The highest BCUT2D eigenvalue weighted by Crippen LogP contribution is 2.70. The van der Waals surface area contributed by atoms with E-state index in [-0.39, 0.29) is 5.82 Å². The largest absolute Gasteiger partial charge is 0.206 e. The van der Waals surface area contributed by atoms with Gasteiger partial charge < -0.3 is 0 Å². The van der Waals surface area contributed by atoms with Crippen molar-refractivity contribution in [2.24, 2.45) is 29.1 Å². The summed E-state index contributed by atoms with van der Waals surface area (Å²) in [6.45, 7) is 7.08. The van der Waals surface area contributed by atoms with Gasteiger partial charge in [0.2, 0.25) is 0 Å². The lowest BCUT2D eigenvalue weighted by molar-refractivity contribution is 0.216. The van der Waals surface area contributed by atoms with Crippen molar-refractivity contribution >= 4 is 0 Å². The van der Waals surface area contributed by atoms with Gasteiger partial charge in [0.1, 0.15) is 5.82 Å². The first-order valence-electron chi connectivity index (χ1n) is 13.3. The lowest BCUT2D eigenvalue weighted by Gasteiger charge is -2.34. The summed E-state index contributed by atoms with van der Waals surface area (Å²) >= 11 is 0. The number of rotatable bonds is 6. The van der Waals surface area contributed by atoms with E-state index >= 15 is 4.39 Å². The Labute approximate surface area is 195 Å². The van der Waals surface area contributed by atoms with E-state index in [1.807, 2.05) is 0 Å². The molecule has 0 spiro atoms. The molecule has 3 saturated carbocycles. The Bertz CT molecular complexity index is 915. The van der Waals surface area contributed by atoms with E-state index in [1.165, 1.54) is 50.5 Å². The van der Waals surface area contributed by atoms with Gasteiger partial charge in [-0.3, -0.25) is 0 Å². The molecule has 2 aromatic rings. The summed E-state index contributed by atoms with van der Waals surface area (Å²) in [5.74, 6) is 4.05. The van der Waals surface area contributed by atoms with Crippen molar-refractivity contribution in [3.05, 3.63) is 71.0 Å². The van der Waals surface area contributed by atoms with Crippen LogP contribution in [0.5, 0.6) is 0 Å². The van der Waals surface area contributed by atoms with Crippen LogP contribution in [0.2, 0.25) is 0 Å². The quantitative estimate of drug-likeness (QED) is 0.427. The van der Waals surface area contributed by atoms with Crippen molar-refractivity contribution in [1.82, 2.24) is 0 Å². The highest BCUT2D eigenvalue weighted by atomic mass is 19.1. The first kappa shape index (κ1) is 22.2. The van der Waals surface area contributed by atoms with E-state index in [0.717, 1.165) is 35.8 Å².